The standard InChI is InChI=1S/C16H19N3O4/c1-3-23-12-7-5-9-19-13(10(2)17-14(12)19)15(20)18-8-4-6-11(18)16(21)22/h5,7,9,11H,3-4,6,8H2,1-2H3,(H,21,22). The molecule has 0 radical (unpaired) electrons. The molecule has 3 heterocycles. The van der Waals surface area contributed by atoms with Crippen LogP contribution in [0.4, 0.5) is 0 Å². The van der Waals surface area contributed by atoms with E-state index in [0.717, 1.165) is 0 Å². The smallest absolute Gasteiger partial charge is 0.326 e. The van der Waals surface area contributed by atoms with Crippen LogP contribution in [0.5, 0.6) is 5.75 Å². The van der Waals surface area contributed by atoms with Gasteiger partial charge in [0, 0.05) is 12.7 Å². The minimum atomic E-state index is -0.961. The molecule has 1 aliphatic heterocycles. The second-order valence-corrected chi connectivity index (χ2v) is 5.54. The van der Waals surface area contributed by atoms with Crippen LogP contribution in [0.3, 0.4) is 0 Å². The predicted molar refractivity (Wildman–Crippen MR) is 82.8 cm³/mol. The van der Waals surface area contributed by atoms with Gasteiger partial charge in [0.25, 0.3) is 5.91 Å². The number of pyridine rings is 1. The van der Waals surface area contributed by atoms with Crippen molar-refractivity contribution >= 4 is 17.5 Å². The van der Waals surface area contributed by atoms with E-state index in [9.17, 15) is 14.7 Å². The van der Waals surface area contributed by atoms with E-state index < -0.39 is 12.0 Å². The molecule has 23 heavy (non-hydrogen) atoms. The van der Waals surface area contributed by atoms with Gasteiger partial charge in [-0.1, -0.05) is 0 Å². The van der Waals surface area contributed by atoms with Crippen molar-refractivity contribution in [3.8, 4) is 5.75 Å². The highest BCUT2D eigenvalue weighted by Gasteiger charge is 2.36. The summed E-state index contributed by atoms with van der Waals surface area (Å²) >= 11 is 0. The fourth-order valence-corrected chi connectivity index (χ4v) is 3.08. The monoisotopic (exact) mass is 317 g/mol. The Morgan fingerprint density at radius 1 is 1.48 bits per heavy atom. The number of likely N-dealkylation sites (tertiary alicyclic amines) is 1. The number of ether oxygens (including phenoxy) is 1. The molecule has 0 spiro atoms. The molecule has 3 rings (SSSR count). The van der Waals surface area contributed by atoms with Crippen LogP contribution < -0.4 is 4.74 Å². The molecular weight excluding hydrogens is 298 g/mol. The summed E-state index contributed by atoms with van der Waals surface area (Å²) in [6.07, 6.45) is 2.93. The van der Waals surface area contributed by atoms with E-state index in [1.807, 2.05) is 6.92 Å². The van der Waals surface area contributed by atoms with E-state index in [4.69, 9.17) is 4.74 Å². The van der Waals surface area contributed by atoms with E-state index in [-0.39, 0.29) is 5.91 Å². The summed E-state index contributed by atoms with van der Waals surface area (Å²) in [5.41, 5.74) is 1.54. The molecule has 2 aromatic rings. The number of hydrogen-bond acceptors (Lipinski definition) is 4. The Morgan fingerprint density at radius 3 is 2.96 bits per heavy atom. The van der Waals surface area contributed by atoms with Crippen molar-refractivity contribution in [1.82, 2.24) is 14.3 Å². The van der Waals surface area contributed by atoms with E-state index in [0.29, 0.717) is 48.8 Å². The summed E-state index contributed by atoms with van der Waals surface area (Å²) < 4.78 is 7.23. The quantitative estimate of drug-likeness (QED) is 0.928. The summed E-state index contributed by atoms with van der Waals surface area (Å²) in [6.45, 7) is 4.59. The first-order chi connectivity index (χ1) is 11.0. The first-order valence-electron chi connectivity index (χ1n) is 7.68. The summed E-state index contributed by atoms with van der Waals surface area (Å²) in [4.78, 5) is 30.1. The summed E-state index contributed by atoms with van der Waals surface area (Å²) in [5.74, 6) is -0.653. The van der Waals surface area contributed by atoms with Crippen LogP contribution >= 0.6 is 0 Å². The van der Waals surface area contributed by atoms with Gasteiger partial charge in [-0.05, 0) is 38.8 Å². The zero-order valence-corrected chi connectivity index (χ0v) is 13.2. The van der Waals surface area contributed by atoms with Crippen molar-refractivity contribution in [2.24, 2.45) is 0 Å². The minimum Gasteiger partial charge on any atom is -0.490 e. The second-order valence-electron chi connectivity index (χ2n) is 5.54. The van der Waals surface area contributed by atoms with Crippen LogP contribution in [0.1, 0.15) is 35.9 Å². The van der Waals surface area contributed by atoms with E-state index in [1.54, 1.807) is 29.7 Å². The van der Waals surface area contributed by atoms with Gasteiger partial charge < -0.3 is 14.7 Å². The van der Waals surface area contributed by atoms with Crippen molar-refractivity contribution in [1.29, 1.82) is 0 Å². The summed E-state index contributed by atoms with van der Waals surface area (Å²) in [7, 11) is 0. The number of carboxylic acids is 1. The van der Waals surface area contributed by atoms with Gasteiger partial charge >= 0.3 is 5.97 Å². The van der Waals surface area contributed by atoms with Gasteiger partial charge in [-0.3, -0.25) is 9.20 Å². The van der Waals surface area contributed by atoms with Crippen LogP contribution in [-0.2, 0) is 4.79 Å². The van der Waals surface area contributed by atoms with Gasteiger partial charge in [0.15, 0.2) is 11.4 Å². The lowest BCUT2D eigenvalue weighted by Crippen LogP contribution is -2.41. The van der Waals surface area contributed by atoms with Gasteiger partial charge in [0.1, 0.15) is 11.7 Å². The van der Waals surface area contributed by atoms with Crippen molar-refractivity contribution in [3.63, 3.8) is 0 Å². The highest BCUT2D eigenvalue weighted by atomic mass is 16.5. The highest BCUT2D eigenvalue weighted by Crippen LogP contribution is 2.26. The minimum absolute atomic E-state index is 0.298. The molecule has 1 N–H and O–H groups in total. The van der Waals surface area contributed by atoms with Crippen molar-refractivity contribution < 1.29 is 19.4 Å². The Labute approximate surface area is 133 Å². The molecule has 1 unspecified atom stereocenters. The second kappa shape index (κ2) is 5.91. The number of aliphatic carboxylic acids is 1. The first kappa shape index (κ1) is 15.3. The van der Waals surface area contributed by atoms with Gasteiger partial charge in [-0.2, -0.15) is 0 Å². The van der Waals surface area contributed by atoms with Gasteiger partial charge in [0.2, 0.25) is 0 Å². The lowest BCUT2D eigenvalue weighted by molar-refractivity contribution is -0.141. The third-order valence-corrected chi connectivity index (χ3v) is 4.09. The van der Waals surface area contributed by atoms with E-state index >= 15 is 0 Å². The van der Waals surface area contributed by atoms with Crippen LogP contribution in [0.25, 0.3) is 5.65 Å². The molecule has 0 saturated carbocycles. The Morgan fingerprint density at radius 2 is 2.26 bits per heavy atom. The molecule has 1 atom stereocenters. The van der Waals surface area contributed by atoms with Crippen molar-refractivity contribution in [2.45, 2.75) is 32.7 Å². The molecule has 122 valence electrons. The number of aryl methyl sites for hydroxylation is 1. The SMILES string of the molecule is CCOc1cccn2c(C(=O)N3CCCC3C(=O)O)c(C)nc12. The molecule has 7 heteroatoms. The zero-order chi connectivity index (χ0) is 16.6. The fourth-order valence-electron chi connectivity index (χ4n) is 3.08. The number of carboxylic acid groups (broad SMARTS) is 1. The van der Waals surface area contributed by atoms with E-state index in [1.165, 1.54) is 4.90 Å². The Balaban J connectivity index is 2.06. The Kier molecular flexibility index (Phi) is 3.94. The third-order valence-electron chi connectivity index (χ3n) is 4.09. The number of nitrogens with zero attached hydrogens (tertiary/aromatic N) is 3. The van der Waals surface area contributed by atoms with Crippen molar-refractivity contribution in [2.75, 3.05) is 13.2 Å². The number of imidazole rings is 1. The third kappa shape index (κ3) is 2.52. The van der Waals surface area contributed by atoms with Crippen LogP contribution in [0, 0.1) is 6.92 Å². The average Bonchev–Trinajstić information content (AvgIpc) is 3.11. The Bertz CT molecular complexity index is 768. The zero-order valence-electron chi connectivity index (χ0n) is 13.2. The lowest BCUT2D eigenvalue weighted by Gasteiger charge is -2.21. The molecule has 0 aliphatic carbocycles. The summed E-state index contributed by atoms with van der Waals surface area (Å²) in [6, 6.07) is 2.83. The van der Waals surface area contributed by atoms with Gasteiger partial charge in [0.05, 0.1) is 12.3 Å². The molecule has 1 fully saturated rings. The van der Waals surface area contributed by atoms with Crippen LogP contribution in [0.2, 0.25) is 0 Å². The number of amides is 1. The van der Waals surface area contributed by atoms with Gasteiger partial charge in [-0.15, -0.1) is 0 Å². The summed E-state index contributed by atoms with van der Waals surface area (Å²) in [5, 5.41) is 9.29. The molecular formula is C16H19N3O4. The maximum atomic E-state index is 12.9. The maximum absolute atomic E-state index is 12.9. The largest absolute Gasteiger partial charge is 0.490 e. The molecule has 1 amide bonds. The molecule has 2 aromatic heterocycles. The normalized spacial score (nSPS) is 17.7. The first-order valence-corrected chi connectivity index (χ1v) is 7.68. The molecule has 1 aliphatic rings. The number of fused-ring (bicyclic) bond motifs is 1. The predicted octanol–water partition coefficient (Wildman–Crippen LogP) is 1.73. The molecule has 0 aromatic carbocycles. The van der Waals surface area contributed by atoms with Gasteiger partial charge in [-0.25, -0.2) is 9.78 Å². The van der Waals surface area contributed by atoms with Crippen molar-refractivity contribution in [3.05, 3.63) is 29.7 Å². The topological polar surface area (TPSA) is 84.1 Å². The van der Waals surface area contributed by atoms with Crippen LogP contribution in [0.15, 0.2) is 18.3 Å². The number of carbonyl (C=O) groups excluding carboxylic acids is 1. The fraction of sp³-hybridized carbons (Fsp3) is 0.438. The van der Waals surface area contributed by atoms with Crippen LogP contribution in [-0.4, -0.2) is 50.5 Å². The molecule has 1 saturated heterocycles. The maximum Gasteiger partial charge on any atom is 0.326 e. The number of aromatic nitrogens is 2. The highest BCUT2D eigenvalue weighted by molar-refractivity contribution is 5.97. The number of rotatable bonds is 4. The lowest BCUT2D eigenvalue weighted by atomic mass is 10.2. The molecule has 7 nitrogen and oxygen atoms in total. The average molecular weight is 317 g/mol. The molecule has 0 bridgehead atoms. The number of hydrogen-bond donors (Lipinski definition) is 1. The number of carbonyl (C=O) groups is 2. The Hall–Kier alpha value is -2.57. The van der Waals surface area contributed by atoms with E-state index in [2.05, 4.69) is 4.98 Å².